The molecule has 0 unspecified atom stereocenters. The molecule has 1 N–H and O–H groups in total. The summed E-state index contributed by atoms with van der Waals surface area (Å²) in [6, 6.07) is 3.74. The normalized spacial score (nSPS) is 14.2. The van der Waals surface area contributed by atoms with Crippen molar-refractivity contribution in [2.75, 3.05) is 25.6 Å². The van der Waals surface area contributed by atoms with Crippen LogP contribution < -0.4 is 10.1 Å². The highest BCUT2D eigenvalue weighted by Gasteiger charge is 2.24. The van der Waals surface area contributed by atoms with Gasteiger partial charge in [-0.1, -0.05) is 0 Å². The molecule has 1 amide bonds. The van der Waals surface area contributed by atoms with Crippen LogP contribution in [0.25, 0.3) is 0 Å². The van der Waals surface area contributed by atoms with Crippen molar-refractivity contribution in [2.24, 2.45) is 0 Å². The fourth-order valence-corrected chi connectivity index (χ4v) is 1.89. The van der Waals surface area contributed by atoms with Crippen LogP contribution in [0.4, 0.5) is 11.4 Å². The third kappa shape index (κ3) is 4.59. The van der Waals surface area contributed by atoms with Crippen molar-refractivity contribution in [3.8, 4) is 5.75 Å². The molecule has 134 valence electrons. The molecule has 1 aromatic carbocycles. The number of anilines is 1. The van der Waals surface area contributed by atoms with Gasteiger partial charge in [-0.2, -0.15) is 0 Å². The molecule has 0 saturated carbocycles. The quantitative estimate of drug-likeness (QED) is 0.462. The Morgan fingerprint density at radius 3 is 2.72 bits per heavy atom. The number of esters is 1. The number of hydrogen-bond acceptors (Lipinski definition) is 8. The van der Waals surface area contributed by atoms with Crippen LogP contribution in [0.3, 0.4) is 0 Å². The first-order valence-electron chi connectivity index (χ1n) is 7.21. The molecule has 1 aliphatic heterocycles. The molecule has 25 heavy (non-hydrogen) atoms. The van der Waals surface area contributed by atoms with Crippen LogP contribution in [-0.4, -0.2) is 43.2 Å². The van der Waals surface area contributed by atoms with E-state index in [1.165, 1.54) is 26.2 Å². The summed E-state index contributed by atoms with van der Waals surface area (Å²) in [5.41, 5.74) is -0.139. The molecular formula is C15H16N2O8. The maximum Gasteiger partial charge on any atom is 0.377 e. The maximum absolute atomic E-state index is 12.2. The monoisotopic (exact) mass is 352 g/mol. The number of nitro groups is 1. The molecule has 0 spiro atoms. The molecule has 1 atom stereocenters. The third-order valence-corrected chi connectivity index (χ3v) is 3.16. The van der Waals surface area contributed by atoms with E-state index in [0.717, 1.165) is 12.3 Å². The van der Waals surface area contributed by atoms with Crippen LogP contribution in [0, 0.1) is 10.1 Å². The Morgan fingerprint density at radius 2 is 2.12 bits per heavy atom. The summed E-state index contributed by atoms with van der Waals surface area (Å²) in [4.78, 5) is 34.3. The van der Waals surface area contributed by atoms with Crippen molar-refractivity contribution >= 4 is 23.3 Å². The molecule has 2 rings (SSSR count). The average molecular weight is 352 g/mol. The number of amides is 1. The molecule has 0 fully saturated rings. The van der Waals surface area contributed by atoms with Crippen molar-refractivity contribution in [1.82, 2.24) is 0 Å². The van der Waals surface area contributed by atoms with Crippen LogP contribution in [0.1, 0.15) is 6.92 Å². The van der Waals surface area contributed by atoms with E-state index in [-0.39, 0.29) is 29.5 Å². The van der Waals surface area contributed by atoms with Gasteiger partial charge in [0.25, 0.3) is 11.6 Å². The Labute approximate surface area is 142 Å². The van der Waals surface area contributed by atoms with Crippen LogP contribution in [-0.2, 0) is 23.8 Å². The second-order valence-corrected chi connectivity index (χ2v) is 4.88. The van der Waals surface area contributed by atoms with Crippen molar-refractivity contribution < 1.29 is 33.5 Å². The lowest BCUT2D eigenvalue weighted by Gasteiger charge is -2.18. The number of nitrogens with one attached hydrogen (secondary N) is 1. The highest BCUT2D eigenvalue weighted by atomic mass is 16.6. The lowest BCUT2D eigenvalue weighted by molar-refractivity contribution is -0.384. The van der Waals surface area contributed by atoms with E-state index in [4.69, 9.17) is 18.9 Å². The number of benzene rings is 1. The zero-order chi connectivity index (χ0) is 18.4. The first kappa shape index (κ1) is 18.0. The highest BCUT2D eigenvalue weighted by molar-refractivity contribution is 5.97. The Bertz CT molecular complexity index is 715. The maximum atomic E-state index is 12.2. The average Bonchev–Trinajstić information content (AvgIpc) is 2.62. The molecule has 1 heterocycles. The molecule has 1 aromatic rings. The van der Waals surface area contributed by atoms with E-state index >= 15 is 0 Å². The third-order valence-electron chi connectivity index (χ3n) is 3.16. The van der Waals surface area contributed by atoms with Gasteiger partial charge in [0.15, 0.2) is 6.10 Å². The molecule has 0 bridgehead atoms. The van der Waals surface area contributed by atoms with Gasteiger partial charge >= 0.3 is 5.97 Å². The van der Waals surface area contributed by atoms with Gasteiger partial charge < -0.3 is 24.3 Å². The Kier molecular flexibility index (Phi) is 5.77. The number of hydrogen-bond donors (Lipinski definition) is 1. The van der Waals surface area contributed by atoms with Gasteiger partial charge in [0.1, 0.15) is 25.2 Å². The molecular weight excluding hydrogens is 336 g/mol. The van der Waals surface area contributed by atoms with Gasteiger partial charge in [0, 0.05) is 12.1 Å². The van der Waals surface area contributed by atoms with Crippen LogP contribution in [0.15, 0.2) is 30.2 Å². The standard InChI is InChI=1S/C15H16N2O8/c1-9(25-15(19)13-8-23-5-6-24-13)14(18)16-11-7-10(17(20)21)3-4-12(11)22-2/h3-4,7-9H,5-6H2,1-2H3,(H,16,18)/t9-/m1/s1. The van der Waals surface area contributed by atoms with Crippen molar-refractivity contribution in [2.45, 2.75) is 13.0 Å². The topological polar surface area (TPSA) is 126 Å². The van der Waals surface area contributed by atoms with Crippen molar-refractivity contribution in [3.05, 3.63) is 40.3 Å². The molecule has 0 radical (unpaired) electrons. The van der Waals surface area contributed by atoms with Gasteiger partial charge in [-0.15, -0.1) is 0 Å². The van der Waals surface area contributed by atoms with Crippen molar-refractivity contribution in [3.63, 3.8) is 0 Å². The minimum absolute atomic E-state index is 0.0843. The van der Waals surface area contributed by atoms with Gasteiger partial charge in [-0.25, -0.2) is 4.79 Å². The summed E-state index contributed by atoms with van der Waals surface area (Å²) >= 11 is 0. The Balaban J connectivity index is 2.05. The number of ether oxygens (including phenoxy) is 4. The zero-order valence-corrected chi connectivity index (χ0v) is 13.5. The van der Waals surface area contributed by atoms with Crippen LogP contribution in [0.5, 0.6) is 5.75 Å². The minimum Gasteiger partial charge on any atom is -0.495 e. The number of carbonyl (C=O) groups is 2. The molecule has 10 nitrogen and oxygen atoms in total. The van der Waals surface area contributed by atoms with E-state index in [1.54, 1.807) is 0 Å². The number of nitro benzene ring substituents is 1. The fraction of sp³-hybridized carbons (Fsp3) is 0.333. The molecule has 0 aromatic heterocycles. The van der Waals surface area contributed by atoms with E-state index in [2.05, 4.69) is 5.32 Å². The summed E-state index contributed by atoms with van der Waals surface area (Å²) < 4.78 is 20.0. The number of carbonyl (C=O) groups excluding carboxylic acids is 2. The predicted molar refractivity (Wildman–Crippen MR) is 83.8 cm³/mol. The van der Waals surface area contributed by atoms with Crippen LogP contribution >= 0.6 is 0 Å². The smallest absolute Gasteiger partial charge is 0.377 e. The lowest BCUT2D eigenvalue weighted by atomic mass is 10.2. The highest BCUT2D eigenvalue weighted by Crippen LogP contribution is 2.29. The molecule has 0 saturated heterocycles. The van der Waals surface area contributed by atoms with Crippen LogP contribution in [0.2, 0.25) is 0 Å². The summed E-state index contributed by atoms with van der Waals surface area (Å²) in [6.07, 6.45) is -0.0667. The molecule has 10 heteroatoms. The second kappa shape index (κ2) is 7.99. The van der Waals surface area contributed by atoms with Gasteiger partial charge in [-0.05, 0) is 13.0 Å². The minimum atomic E-state index is -1.18. The van der Waals surface area contributed by atoms with Gasteiger partial charge in [-0.3, -0.25) is 14.9 Å². The largest absolute Gasteiger partial charge is 0.495 e. The van der Waals surface area contributed by atoms with Gasteiger partial charge in [0.05, 0.1) is 17.7 Å². The Morgan fingerprint density at radius 1 is 1.36 bits per heavy atom. The van der Waals surface area contributed by atoms with E-state index in [1.807, 2.05) is 0 Å². The number of nitrogens with zero attached hydrogens (tertiary/aromatic N) is 1. The predicted octanol–water partition coefficient (Wildman–Crippen LogP) is 1.36. The number of non-ortho nitro benzene ring substituents is 1. The SMILES string of the molecule is COc1ccc([N+](=O)[O-])cc1NC(=O)[C@@H](C)OC(=O)C1=COCCO1. The summed E-state index contributed by atoms with van der Waals surface area (Å²) in [7, 11) is 1.35. The van der Waals surface area contributed by atoms with Gasteiger partial charge in [0.2, 0.25) is 5.76 Å². The number of methoxy groups -OCH3 is 1. The Hall–Kier alpha value is -3.30. The fourth-order valence-electron chi connectivity index (χ4n) is 1.89. The zero-order valence-electron chi connectivity index (χ0n) is 13.5. The first-order chi connectivity index (χ1) is 11.9. The van der Waals surface area contributed by atoms with Crippen molar-refractivity contribution in [1.29, 1.82) is 0 Å². The second-order valence-electron chi connectivity index (χ2n) is 4.88. The molecule has 0 aliphatic carbocycles. The summed E-state index contributed by atoms with van der Waals surface area (Å²) in [5.74, 6) is -1.46. The first-order valence-corrected chi connectivity index (χ1v) is 7.21. The lowest BCUT2D eigenvalue weighted by Crippen LogP contribution is -2.31. The van der Waals surface area contributed by atoms with E-state index in [0.29, 0.717) is 6.61 Å². The number of rotatable bonds is 6. The van der Waals surface area contributed by atoms with E-state index in [9.17, 15) is 19.7 Å². The summed E-state index contributed by atoms with van der Waals surface area (Å²) in [6.45, 7) is 1.87. The van der Waals surface area contributed by atoms with E-state index < -0.39 is 22.9 Å². The molecule has 1 aliphatic rings. The summed E-state index contributed by atoms with van der Waals surface area (Å²) in [5, 5.41) is 13.3.